The highest BCUT2D eigenvalue weighted by Gasteiger charge is 2.22. The standard InChI is InChI=1S/C12H22N2O6/c1-8(2)3-5-20-6-4-13-12(19)14-9(11(17)18)7-10(15)16/h8-9H,3-7H2,1-2H3,(H,15,16)(H,17,18)(H2,13,14,19)/t9-/m1/s1. The molecule has 0 aromatic rings. The van der Waals surface area contributed by atoms with Crippen molar-refractivity contribution in [1.82, 2.24) is 10.6 Å². The summed E-state index contributed by atoms with van der Waals surface area (Å²) < 4.78 is 5.26. The summed E-state index contributed by atoms with van der Waals surface area (Å²) in [5.74, 6) is -2.15. The normalized spacial score (nSPS) is 11.9. The maximum atomic E-state index is 11.3. The van der Waals surface area contributed by atoms with Crippen molar-refractivity contribution >= 4 is 18.0 Å². The zero-order valence-electron chi connectivity index (χ0n) is 11.7. The summed E-state index contributed by atoms with van der Waals surface area (Å²) in [6.07, 6.45) is 0.250. The lowest BCUT2D eigenvalue weighted by molar-refractivity contribution is -0.145. The van der Waals surface area contributed by atoms with Gasteiger partial charge in [0.2, 0.25) is 0 Å². The largest absolute Gasteiger partial charge is 0.481 e. The lowest BCUT2D eigenvalue weighted by Gasteiger charge is -2.13. The Morgan fingerprint density at radius 2 is 1.80 bits per heavy atom. The van der Waals surface area contributed by atoms with Gasteiger partial charge in [0, 0.05) is 13.2 Å². The molecule has 0 fully saturated rings. The summed E-state index contributed by atoms with van der Waals surface area (Å²) in [5, 5.41) is 21.7. The molecule has 0 saturated carbocycles. The van der Waals surface area contributed by atoms with E-state index < -0.39 is 30.4 Å². The van der Waals surface area contributed by atoms with E-state index >= 15 is 0 Å². The number of carboxylic acid groups (broad SMARTS) is 2. The van der Waals surface area contributed by atoms with Crippen molar-refractivity contribution < 1.29 is 29.3 Å². The van der Waals surface area contributed by atoms with Gasteiger partial charge in [-0.15, -0.1) is 0 Å². The summed E-state index contributed by atoms with van der Waals surface area (Å²) in [4.78, 5) is 32.5. The third kappa shape index (κ3) is 10.1. The lowest BCUT2D eigenvalue weighted by atomic mass is 10.1. The van der Waals surface area contributed by atoms with Crippen LogP contribution in [-0.4, -0.2) is 54.0 Å². The fraction of sp³-hybridized carbons (Fsp3) is 0.750. The minimum atomic E-state index is -1.45. The van der Waals surface area contributed by atoms with Crippen molar-refractivity contribution in [2.45, 2.75) is 32.7 Å². The van der Waals surface area contributed by atoms with E-state index in [9.17, 15) is 14.4 Å². The number of carbonyl (C=O) groups excluding carboxylic acids is 1. The third-order valence-electron chi connectivity index (χ3n) is 2.35. The molecule has 0 bridgehead atoms. The van der Waals surface area contributed by atoms with Gasteiger partial charge in [0.15, 0.2) is 0 Å². The molecule has 0 rings (SSSR count). The van der Waals surface area contributed by atoms with Crippen LogP contribution in [0.4, 0.5) is 4.79 Å². The number of ether oxygens (including phenoxy) is 1. The van der Waals surface area contributed by atoms with Crippen LogP contribution in [0.2, 0.25) is 0 Å². The molecule has 4 N–H and O–H groups in total. The summed E-state index contributed by atoms with van der Waals surface area (Å²) >= 11 is 0. The number of rotatable bonds is 10. The van der Waals surface area contributed by atoms with E-state index in [4.69, 9.17) is 14.9 Å². The Morgan fingerprint density at radius 1 is 1.15 bits per heavy atom. The van der Waals surface area contributed by atoms with Gasteiger partial charge in [0.25, 0.3) is 0 Å². The van der Waals surface area contributed by atoms with E-state index in [1.54, 1.807) is 0 Å². The number of carbonyl (C=O) groups is 3. The van der Waals surface area contributed by atoms with Crippen molar-refractivity contribution in [2.24, 2.45) is 5.92 Å². The Hall–Kier alpha value is -1.83. The molecule has 116 valence electrons. The Labute approximate surface area is 117 Å². The number of nitrogens with one attached hydrogen (secondary N) is 2. The Morgan fingerprint density at radius 3 is 2.30 bits per heavy atom. The second-order valence-electron chi connectivity index (χ2n) is 4.68. The Bertz CT molecular complexity index is 332. The second-order valence-corrected chi connectivity index (χ2v) is 4.68. The van der Waals surface area contributed by atoms with Crippen molar-refractivity contribution in [3.63, 3.8) is 0 Å². The number of hydrogen-bond donors (Lipinski definition) is 4. The van der Waals surface area contributed by atoms with Gasteiger partial charge in [-0.2, -0.15) is 0 Å². The quantitative estimate of drug-likeness (QED) is 0.428. The molecule has 0 heterocycles. The number of hydrogen-bond acceptors (Lipinski definition) is 4. The predicted molar refractivity (Wildman–Crippen MR) is 70.5 cm³/mol. The molecule has 0 aliphatic carbocycles. The van der Waals surface area contributed by atoms with Crippen molar-refractivity contribution in [3.8, 4) is 0 Å². The first-order chi connectivity index (χ1) is 9.32. The van der Waals surface area contributed by atoms with Crippen LogP contribution < -0.4 is 10.6 Å². The summed E-state index contributed by atoms with van der Waals surface area (Å²) in [7, 11) is 0. The maximum Gasteiger partial charge on any atom is 0.326 e. The average molecular weight is 290 g/mol. The van der Waals surface area contributed by atoms with Crippen LogP contribution in [-0.2, 0) is 14.3 Å². The highest BCUT2D eigenvalue weighted by atomic mass is 16.5. The molecule has 2 amide bonds. The van der Waals surface area contributed by atoms with Gasteiger partial charge in [0.05, 0.1) is 13.0 Å². The minimum Gasteiger partial charge on any atom is -0.481 e. The summed E-state index contributed by atoms with van der Waals surface area (Å²) in [6, 6.07) is -2.18. The molecule has 0 unspecified atom stereocenters. The van der Waals surface area contributed by atoms with Crippen LogP contribution in [0, 0.1) is 5.92 Å². The zero-order valence-corrected chi connectivity index (χ0v) is 11.7. The maximum absolute atomic E-state index is 11.3. The fourth-order valence-corrected chi connectivity index (χ4v) is 1.24. The molecule has 20 heavy (non-hydrogen) atoms. The summed E-state index contributed by atoms with van der Waals surface area (Å²) in [5.41, 5.74) is 0. The molecule has 1 atom stereocenters. The van der Waals surface area contributed by atoms with Gasteiger partial charge in [-0.3, -0.25) is 4.79 Å². The first-order valence-corrected chi connectivity index (χ1v) is 6.39. The average Bonchev–Trinajstić information content (AvgIpc) is 2.31. The smallest absolute Gasteiger partial charge is 0.326 e. The number of urea groups is 1. The van der Waals surface area contributed by atoms with E-state index in [-0.39, 0.29) is 6.54 Å². The van der Waals surface area contributed by atoms with Crippen molar-refractivity contribution in [3.05, 3.63) is 0 Å². The van der Waals surface area contributed by atoms with Crippen LogP contribution in [0.3, 0.4) is 0 Å². The van der Waals surface area contributed by atoms with Crippen LogP contribution in [0.25, 0.3) is 0 Å². The topological polar surface area (TPSA) is 125 Å². The summed E-state index contributed by atoms with van der Waals surface area (Å²) in [6.45, 7) is 5.28. The second kappa shape index (κ2) is 10.0. The fourth-order valence-electron chi connectivity index (χ4n) is 1.24. The van der Waals surface area contributed by atoms with Crippen molar-refractivity contribution in [1.29, 1.82) is 0 Å². The van der Waals surface area contributed by atoms with Crippen molar-refractivity contribution in [2.75, 3.05) is 19.8 Å². The van der Waals surface area contributed by atoms with Crippen LogP contribution in [0.1, 0.15) is 26.7 Å². The molecule has 0 aromatic heterocycles. The Balaban J connectivity index is 3.80. The molecule has 0 aliphatic heterocycles. The number of carboxylic acids is 2. The zero-order chi connectivity index (χ0) is 15.5. The Kier molecular flexibility index (Phi) is 9.10. The van der Waals surface area contributed by atoms with Gasteiger partial charge in [0.1, 0.15) is 6.04 Å². The molecule has 0 aromatic carbocycles. The third-order valence-corrected chi connectivity index (χ3v) is 2.35. The van der Waals surface area contributed by atoms with Crippen LogP contribution in [0.5, 0.6) is 0 Å². The van der Waals surface area contributed by atoms with Crippen LogP contribution in [0.15, 0.2) is 0 Å². The van der Waals surface area contributed by atoms with Gasteiger partial charge in [-0.05, 0) is 12.3 Å². The minimum absolute atomic E-state index is 0.226. The highest BCUT2D eigenvalue weighted by Crippen LogP contribution is 1.98. The molecular weight excluding hydrogens is 268 g/mol. The van der Waals surface area contributed by atoms with E-state index in [1.165, 1.54) is 0 Å². The van der Waals surface area contributed by atoms with Gasteiger partial charge in [-0.1, -0.05) is 13.8 Å². The van der Waals surface area contributed by atoms with Gasteiger partial charge in [-0.25, -0.2) is 9.59 Å². The highest BCUT2D eigenvalue weighted by molar-refractivity contribution is 5.86. The molecular formula is C12H22N2O6. The molecule has 0 aliphatic rings. The van der Waals surface area contributed by atoms with Gasteiger partial charge >= 0.3 is 18.0 Å². The first kappa shape index (κ1) is 18.2. The van der Waals surface area contributed by atoms with E-state index in [1.807, 2.05) is 0 Å². The predicted octanol–water partition coefficient (Wildman–Crippen LogP) is 0.276. The molecule has 0 spiro atoms. The SMILES string of the molecule is CC(C)CCOCCNC(=O)N[C@H](CC(=O)O)C(=O)O. The molecule has 0 radical (unpaired) electrons. The lowest BCUT2D eigenvalue weighted by Crippen LogP contribution is -2.47. The van der Waals surface area contributed by atoms with E-state index in [0.717, 1.165) is 6.42 Å². The molecule has 0 saturated heterocycles. The molecule has 8 heteroatoms. The number of aliphatic carboxylic acids is 2. The van der Waals surface area contributed by atoms with E-state index in [0.29, 0.717) is 19.1 Å². The molecule has 8 nitrogen and oxygen atoms in total. The van der Waals surface area contributed by atoms with Crippen LogP contribution >= 0.6 is 0 Å². The van der Waals surface area contributed by atoms with E-state index in [2.05, 4.69) is 24.5 Å². The number of amides is 2. The monoisotopic (exact) mass is 290 g/mol. The van der Waals surface area contributed by atoms with Gasteiger partial charge < -0.3 is 25.6 Å². The first-order valence-electron chi connectivity index (χ1n) is 6.39.